The second-order valence-corrected chi connectivity index (χ2v) is 4.82. The van der Waals surface area contributed by atoms with E-state index in [0.717, 1.165) is 25.0 Å². The van der Waals surface area contributed by atoms with Gasteiger partial charge < -0.3 is 10.5 Å². The van der Waals surface area contributed by atoms with Crippen LogP contribution in [0.2, 0.25) is 0 Å². The summed E-state index contributed by atoms with van der Waals surface area (Å²) < 4.78 is 6.88. The summed E-state index contributed by atoms with van der Waals surface area (Å²) in [5.41, 5.74) is 7.74. The number of hydrogen-bond acceptors (Lipinski definition) is 6. The molecule has 0 spiro atoms. The molecule has 0 amide bonds. The molecule has 2 N–H and O–H groups in total. The van der Waals surface area contributed by atoms with E-state index in [-0.39, 0.29) is 12.2 Å². The van der Waals surface area contributed by atoms with Gasteiger partial charge in [0.1, 0.15) is 11.4 Å². The number of aromatic nitrogens is 3. The molecule has 1 heterocycles. The Kier molecular flexibility index (Phi) is 5.05. The van der Waals surface area contributed by atoms with Crippen LogP contribution in [0.5, 0.6) is 5.75 Å². The summed E-state index contributed by atoms with van der Waals surface area (Å²) in [6.45, 7) is 2.36. The van der Waals surface area contributed by atoms with E-state index in [2.05, 4.69) is 17.2 Å². The van der Waals surface area contributed by atoms with Crippen molar-refractivity contribution in [2.75, 3.05) is 7.11 Å². The smallest absolute Gasteiger partial charge is 0.271 e. The summed E-state index contributed by atoms with van der Waals surface area (Å²) in [4.78, 5) is 10.6. The van der Waals surface area contributed by atoms with Crippen LogP contribution >= 0.6 is 0 Å². The zero-order chi connectivity index (χ0) is 16.1. The highest BCUT2D eigenvalue weighted by Gasteiger charge is 2.19. The van der Waals surface area contributed by atoms with Gasteiger partial charge in [0, 0.05) is 18.7 Å². The zero-order valence-electron chi connectivity index (χ0n) is 12.7. The van der Waals surface area contributed by atoms with Crippen molar-refractivity contribution in [3.8, 4) is 11.4 Å². The lowest BCUT2D eigenvalue weighted by Crippen LogP contribution is -2.08. The van der Waals surface area contributed by atoms with E-state index in [1.54, 1.807) is 10.7 Å². The lowest BCUT2D eigenvalue weighted by Gasteiger charge is -2.11. The van der Waals surface area contributed by atoms with E-state index in [9.17, 15) is 10.1 Å². The molecule has 2 aromatic rings. The number of non-ortho nitro benzene ring substituents is 1. The quantitative estimate of drug-likeness (QED) is 0.619. The van der Waals surface area contributed by atoms with Crippen LogP contribution in [0.25, 0.3) is 5.69 Å². The maximum Gasteiger partial charge on any atom is 0.271 e. The van der Waals surface area contributed by atoms with Crippen LogP contribution < -0.4 is 10.5 Å². The number of nitro groups is 1. The third-order valence-electron chi connectivity index (χ3n) is 3.41. The molecule has 22 heavy (non-hydrogen) atoms. The maximum atomic E-state index is 11.0. The number of nitro benzene ring substituents is 1. The molecule has 8 heteroatoms. The molecule has 0 unspecified atom stereocenters. The van der Waals surface area contributed by atoms with Crippen LogP contribution in [-0.2, 0) is 13.0 Å². The number of nitrogens with zero attached hydrogens (tertiary/aromatic N) is 4. The average molecular weight is 305 g/mol. The molecule has 1 aromatic heterocycles. The highest BCUT2D eigenvalue weighted by Crippen LogP contribution is 2.28. The Morgan fingerprint density at radius 2 is 2.23 bits per heavy atom. The van der Waals surface area contributed by atoms with E-state index in [4.69, 9.17) is 10.5 Å². The number of ether oxygens (including phenoxy) is 1. The molecule has 2 rings (SSSR count). The van der Waals surface area contributed by atoms with Crippen molar-refractivity contribution < 1.29 is 9.66 Å². The molecular weight excluding hydrogens is 286 g/mol. The van der Waals surface area contributed by atoms with Crippen LogP contribution in [-0.4, -0.2) is 27.0 Å². The van der Waals surface area contributed by atoms with Gasteiger partial charge in [-0.3, -0.25) is 10.1 Å². The monoisotopic (exact) mass is 305 g/mol. The van der Waals surface area contributed by atoms with Crippen molar-refractivity contribution in [2.45, 2.75) is 32.7 Å². The fraction of sp³-hybridized carbons (Fsp3) is 0.429. The van der Waals surface area contributed by atoms with E-state index in [1.807, 2.05) is 0 Å². The van der Waals surface area contributed by atoms with Gasteiger partial charge in [-0.2, -0.15) is 0 Å². The third kappa shape index (κ3) is 3.06. The molecule has 0 aliphatic heterocycles. The minimum Gasteiger partial charge on any atom is -0.494 e. The second kappa shape index (κ2) is 6.99. The van der Waals surface area contributed by atoms with Crippen molar-refractivity contribution in [2.24, 2.45) is 5.73 Å². The predicted octanol–water partition coefficient (Wildman–Crippen LogP) is 1.99. The van der Waals surface area contributed by atoms with E-state index in [0.29, 0.717) is 17.1 Å². The van der Waals surface area contributed by atoms with Crippen LogP contribution in [0, 0.1) is 10.1 Å². The largest absolute Gasteiger partial charge is 0.494 e. The molecule has 1 aromatic carbocycles. The Bertz CT molecular complexity index is 668. The van der Waals surface area contributed by atoms with Crippen molar-refractivity contribution >= 4 is 5.69 Å². The van der Waals surface area contributed by atoms with Gasteiger partial charge in [-0.05, 0) is 18.9 Å². The third-order valence-corrected chi connectivity index (χ3v) is 3.41. The van der Waals surface area contributed by atoms with Crippen molar-refractivity contribution in [1.29, 1.82) is 0 Å². The topological polar surface area (TPSA) is 109 Å². The molecule has 0 fully saturated rings. The number of nitrogens with two attached hydrogens (primary N) is 1. The van der Waals surface area contributed by atoms with E-state index in [1.165, 1.54) is 19.2 Å². The zero-order valence-corrected chi connectivity index (χ0v) is 12.7. The number of methoxy groups -OCH3 is 1. The standard InChI is InChI=1S/C14H19N5O3/c1-3-4-5-12-11(9-15)16-17-18(12)13-8-10(19(20)21)6-7-14(13)22-2/h6-8H,3-5,9,15H2,1-2H3. The van der Waals surface area contributed by atoms with Crippen molar-refractivity contribution in [3.63, 3.8) is 0 Å². The summed E-state index contributed by atoms with van der Waals surface area (Å²) >= 11 is 0. The number of unbranched alkanes of at least 4 members (excludes halogenated alkanes) is 1. The molecule has 0 bridgehead atoms. The first-order valence-electron chi connectivity index (χ1n) is 7.08. The second-order valence-electron chi connectivity index (χ2n) is 4.82. The van der Waals surface area contributed by atoms with Crippen molar-refractivity contribution in [3.05, 3.63) is 39.7 Å². The van der Waals surface area contributed by atoms with Gasteiger partial charge in [0.2, 0.25) is 0 Å². The summed E-state index contributed by atoms with van der Waals surface area (Å²) in [6, 6.07) is 4.39. The minimum atomic E-state index is -0.449. The van der Waals surface area contributed by atoms with Crippen LogP contribution in [0.4, 0.5) is 5.69 Å². The molecule has 0 aliphatic rings. The number of hydrogen-bond donors (Lipinski definition) is 1. The SMILES string of the molecule is CCCCc1c(CN)nnn1-c1cc([N+](=O)[O-])ccc1OC. The lowest BCUT2D eigenvalue weighted by molar-refractivity contribution is -0.384. The molecular formula is C14H19N5O3. The molecule has 0 saturated carbocycles. The van der Waals surface area contributed by atoms with Gasteiger partial charge >= 0.3 is 0 Å². The van der Waals surface area contributed by atoms with Gasteiger partial charge in [0.05, 0.1) is 23.4 Å². The van der Waals surface area contributed by atoms with Crippen LogP contribution in [0.3, 0.4) is 0 Å². The first kappa shape index (κ1) is 15.9. The summed E-state index contributed by atoms with van der Waals surface area (Å²) in [7, 11) is 1.51. The van der Waals surface area contributed by atoms with E-state index >= 15 is 0 Å². The lowest BCUT2D eigenvalue weighted by atomic mass is 10.1. The Hall–Kier alpha value is -2.48. The van der Waals surface area contributed by atoms with E-state index < -0.39 is 4.92 Å². The fourth-order valence-electron chi connectivity index (χ4n) is 2.24. The van der Waals surface area contributed by atoms with Gasteiger partial charge in [-0.25, -0.2) is 4.68 Å². The molecule has 0 saturated heterocycles. The first-order chi connectivity index (χ1) is 10.6. The molecule has 0 atom stereocenters. The van der Waals surface area contributed by atoms with Gasteiger partial charge in [-0.1, -0.05) is 18.6 Å². The first-order valence-corrected chi connectivity index (χ1v) is 7.08. The van der Waals surface area contributed by atoms with Crippen LogP contribution in [0.1, 0.15) is 31.2 Å². The number of rotatable bonds is 7. The van der Waals surface area contributed by atoms with Crippen molar-refractivity contribution in [1.82, 2.24) is 15.0 Å². The Morgan fingerprint density at radius 3 is 2.82 bits per heavy atom. The Balaban J connectivity index is 2.56. The van der Waals surface area contributed by atoms with Gasteiger partial charge in [0.15, 0.2) is 0 Å². The average Bonchev–Trinajstić information content (AvgIpc) is 2.94. The fourth-order valence-corrected chi connectivity index (χ4v) is 2.24. The minimum absolute atomic E-state index is 0.0259. The predicted molar refractivity (Wildman–Crippen MR) is 81.1 cm³/mol. The highest BCUT2D eigenvalue weighted by molar-refractivity contribution is 5.54. The Morgan fingerprint density at radius 1 is 1.45 bits per heavy atom. The van der Waals surface area contributed by atoms with Gasteiger partial charge in [-0.15, -0.1) is 5.10 Å². The summed E-state index contributed by atoms with van der Waals surface area (Å²) in [6.07, 6.45) is 2.72. The number of benzene rings is 1. The molecule has 0 radical (unpaired) electrons. The summed E-state index contributed by atoms with van der Waals surface area (Å²) in [5, 5.41) is 19.2. The summed E-state index contributed by atoms with van der Waals surface area (Å²) in [5.74, 6) is 0.497. The molecule has 0 aliphatic carbocycles. The molecule has 8 nitrogen and oxygen atoms in total. The molecule has 118 valence electrons. The maximum absolute atomic E-state index is 11.0. The van der Waals surface area contributed by atoms with Gasteiger partial charge in [0.25, 0.3) is 5.69 Å². The van der Waals surface area contributed by atoms with Crippen LogP contribution in [0.15, 0.2) is 18.2 Å². The highest BCUT2D eigenvalue weighted by atomic mass is 16.6. The Labute approximate surface area is 128 Å². The normalized spacial score (nSPS) is 10.7.